The molecule has 0 N–H and O–H groups in total. The minimum atomic E-state index is -4.62. The maximum Gasteiger partial charge on any atom is 0.433 e. The third kappa shape index (κ3) is 5.51. The third-order valence-corrected chi connectivity index (χ3v) is 6.89. The van der Waals surface area contributed by atoms with E-state index in [0.717, 1.165) is 12.3 Å². The first kappa shape index (κ1) is 27.9. The number of pyridine rings is 2. The Morgan fingerprint density at radius 2 is 1.88 bits per heavy atom. The van der Waals surface area contributed by atoms with Crippen molar-refractivity contribution in [1.29, 1.82) is 0 Å². The molecule has 0 aliphatic rings. The molecule has 0 aliphatic carbocycles. The Labute approximate surface area is 244 Å². The van der Waals surface area contributed by atoms with Crippen LogP contribution in [0.15, 0.2) is 73.7 Å². The lowest BCUT2D eigenvalue weighted by molar-refractivity contribution is -0.615. The van der Waals surface area contributed by atoms with E-state index >= 15 is 4.39 Å². The van der Waals surface area contributed by atoms with Crippen LogP contribution in [0.2, 0.25) is 5.02 Å². The van der Waals surface area contributed by atoms with Gasteiger partial charge in [-0.25, -0.2) is 4.39 Å². The van der Waals surface area contributed by atoms with Crippen LogP contribution >= 0.6 is 11.6 Å². The Hall–Kier alpha value is -5.25. The van der Waals surface area contributed by atoms with Gasteiger partial charge in [-0.05, 0) is 46.3 Å². The Morgan fingerprint density at radius 3 is 2.58 bits per heavy atom. The fourth-order valence-corrected chi connectivity index (χ4v) is 4.78. The maximum atomic E-state index is 15.3. The summed E-state index contributed by atoms with van der Waals surface area (Å²) in [5, 5.41) is 36.8. The van der Waals surface area contributed by atoms with Crippen LogP contribution < -0.4 is 4.73 Å². The molecular weight excluding hydrogens is 594 g/mol. The van der Waals surface area contributed by atoms with Gasteiger partial charge >= 0.3 is 6.18 Å². The average Bonchev–Trinajstić information content (AvgIpc) is 3.76. The van der Waals surface area contributed by atoms with E-state index in [0.29, 0.717) is 16.0 Å². The Balaban J connectivity index is 1.42. The van der Waals surface area contributed by atoms with Crippen LogP contribution in [0.3, 0.4) is 0 Å². The maximum absolute atomic E-state index is 15.3. The van der Waals surface area contributed by atoms with Crippen molar-refractivity contribution in [2.24, 2.45) is 7.05 Å². The van der Waals surface area contributed by atoms with Gasteiger partial charge in [-0.15, -0.1) is 10.2 Å². The summed E-state index contributed by atoms with van der Waals surface area (Å²) in [4.78, 5) is 3.40. The first-order chi connectivity index (χ1) is 20.6. The summed E-state index contributed by atoms with van der Waals surface area (Å²) in [5.74, 6) is -0.772. The quantitative estimate of drug-likeness (QED) is 0.150. The Bertz CT molecular complexity index is 1920. The second-order valence-electron chi connectivity index (χ2n) is 9.42. The molecule has 12 nitrogen and oxygen atoms in total. The number of alkyl halides is 3. The summed E-state index contributed by atoms with van der Waals surface area (Å²) in [6.07, 6.45) is 3.64. The summed E-state index contributed by atoms with van der Waals surface area (Å²) in [6.45, 7) is 0. The number of halogens is 5. The predicted octanol–water partition coefficient (Wildman–Crippen LogP) is 3.99. The van der Waals surface area contributed by atoms with Crippen molar-refractivity contribution in [2.75, 3.05) is 0 Å². The minimum Gasteiger partial charge on any atom is -0.618 e. The van der Waals surface area contributed by atoms with Gasteiger partial charge in [0.05, 0.1) is 33.7 Å². The lowest BCUT2D eigenvalue weighted by Crippen LogP contribution is -2.36. The molecule has 0 radical (unpaired) electrons. The summed E-state index contributed by atoms with van der Waals surface area (Å²) in [6, 6.07) is 7.49. The highest BCUT2D eigenvalue weighted by Gasteiger charge is 2.33. The van der Waals surface area contributed by atoms with Crippen LogP contribution in [0.25, 0.3) is 27.9 Å². The molecule has 1 atom stereocenters. The molecule has 0 bridgehead atoms. The molecule has 6 aromatic rings. The molecule has 5 heterocycles. The highest BCUT2D eigenvalue weighted by atomic mass is 35.5. The smallest absolute Gasteiger partial charge is 0.433 e. The highest BCUT2D eigenvalue weighted by Crippen LogP contribution is 2.34. The van der Waals surface area contributed by atoms with E-state index in [1.54, 1.807) is 19.3 Å². The van der Waals surface area contributed by atoms with Gasteiger partial charge in [0, 0.05) is 43.7 Å². The Kier molecular flexibility index (Phi) is 7.05. The summed E-state index contributed by atoms with van der Waals surface area (Å²) < 4.78 is 59.8. The van der Waals surface area contributed by atoms with Crippen LogP contribution in [0.1, 0.15) is 23.1 Å². The van der Waals surface area contributed by atoms with Gasteiger partial charge in [0.15, 0.2) is 12.0 Å². The average molecular weight is 612 g/mol. The SMILES string of the molecule is Cn1cc(C[C@H](c2ccc(-c3c(-n4cnnn4)ccc(Cl)c3F)c[n+]2[O-])n2cc(-c3ccnc(C(F)(F)F)c3)cn2)nn1. The zero-order chi connectivity index (χ0) is 30.3. The molecule has 1 aromatic carbocycles. The van der Waals surface area contributed by atoms with Crippen molar-refractivity contribution in [2.45, 2.75) is 18.6 Å². The fourth-order valence-electron chi connectivity index (χ4n) is 4.62. The van der Waals surface area contributed by atoms with Crippen LogP contribution in [0.4, 0.5) is 17.6 Å². The van der Waals surface area contributed by atoms with Gasteiger partial charge < -0.3 is 5.21 Å². The molecule has 0 unspecified atom stereocenters. The van der Waals surface area contributed by atoms with Crippen molar-refractivity contribution >= 4 is 11.6 Å². The molecule has 0 saturated heterocycles. The number of aromatic nitrogens is 11. The topological polar surface area (TPSA) is 132 Å². The van der Waals surface area contributed by atoms with E-state index in [4.69, 9.17) is 11.6 Å². The number of nitrogens with zero attached hydrogens (tertiary/aromatic N) is 11. The molecule has 0 saturated carbocycles. The lowest BCUT2D eigenvalue weighted by Gasteiger charge is -2.17. The first-order valence-corrected chi connectivity index (χ1v) is 12.8. The molecule has 0 amide bonds. The van der Waals surface area contributed by atoms with E-state index in [1.807, 2.05) is 0 Å². The summed E-state index contributed by atoms with van der Waals surface area (Å²) >= 11 is 6.06. The van der Waals surface area contributed by atoms with Crippen molar-refractivity contribution in [1.82, 2.24) is 50.0 Å². The second-order valence-corrected chi connectivity index (χ2v) is 9.83. The van der Waals surface area contributed by atoms with Gasteiger partial charge in [0.2, 0.25) is 5.69 Å². The zero-order valence-electron chi connectivity index (χ0n) is 21.9. The van der Waals surface area contributed by atoms with E-state index in [1.165, 1.54) is 63.2 Å². The van der Waals surface area contributed by atoms with Gasteiger partial charge in [-0.3, -0.25) is 14.3 Å². The van der Waals surface area contributed by atoms with Crippen LogP contribution in [-0.4, -0.2) is 50.0 Å². The standard InChI is InChI=1S/C26H18ClF4N11O/c1-39-13-18(35-37-39)9-22(40-11-17(10-34-40)15-6-7-32-23(8-15)26(29,30)31)20-4-2-16(12-42(20)43)24-21(41-14-33-36-38-41)5-3-19(27)25(24)28/h2-8,10-14,22H,9H2,1H3/t22-/m1/s1. The molecule has 5 aromatic heterocycles. The van der Waals surface area contributed by atoms with Gasteiger partial charge in [0.1, 0.15) is 18.1 Å². The minimum absolute atomic E-state index is 0.000886. The fraction of sp³-hybridized carbons (Fsp3) is 0.154. The van der Waals surface area contributed by atoms with Crippen LogP contribution in [-0.2, 0) is 19.6 Å². The van der Waals surface area contributed by atoms with E-state index in [-0.39, 0.29) is 39.5 Å². The van der Waals surface area contributed by atoms with E-state index in [2.05, 4.69) is 35.9 Å². The summed E-state index contributed by atoms with van der Waals surface area (Å²) in [5.41, 5.74) is 0.738. The largest absolute Gasteiger partial charge is 0.618 e. The predicted molar refractivity (Wildman–Crippen MR) is 142 cm³/mol. The molecular formula is C26H18ClF4N11O. The highest BCUT2D eigenvalue weighted by molar-refractivity contribution is 6.31. The third-order valence-electron chi connectivity index (χ3n) is 6.60. The molecule has 218 valence electrons. The number of hydrogen-bond acceptors (Lipinski definition) is 8. The number of benzene rings is 1. The Morgan fingerprint density at radius 1 is 1.05 bits per heavy atom. The molecule has 0 spiro atoms. The molecule has 6 rings (SSSR count). The normalized spacial score (nSPS) is 12.5. The zero-order valence-corrected chi connectivity index (χ0v) is 22.7. The van der Waals surface area contributed by atoms with E-state index < -0.39 is 23.7 Å². The summed E-state index contributed by atoms with van der Waals surface area (Å²) in [7, 11) is 1.68. The molecule has 0 fully saturated rings. The van der Waals surface area contributed by atoms with Crippen molar-refractivity contribution in [3.63, 3.8) is 0 Å². The van der Waals surface area contributed by atoms with Crippen molar-refractivity contribution < 1.29 is 22.3 Å². The van der Waals surface area contributed by atoms with Gasteiger partial charge in [-0.2, -0.15) is 27.7 Å². The monoisotopic (exact) mass is 611 g/mol. The molecule has 17 heteroatoms. The number of aryl methyl sites for hydroxylation is 1. The lowest BCUT2D eigenvalue weighted by atomic mass is 10.0. The van der Waals surface area contributed by atoms with Gasteiger partial charge in [0.25, 0.3) is 0 Å². The van der Waals surface area contributed by atoms with Crippen LogP contribution in [0, 0.1) is 11.0 Å². The molecule has 43 heavy (non-hydrogen) atoms. The van der Waals surface area contributed by atoms with E-state index in [9.17, 15) is 18.4 Å². The van der Waals surface area contributed by atoms with Crippen molar-refractivity contribution in [3.05, 3.63) is 107 Å². The first-order valence-electron chi connectivity index (χ1n) is 12.5. The second kappa shape index (κ2) is 10.9. The molecule has 0 aliphatic heterocycles. The van der Waals surface area contributed by atoms with Gasteiger partial charge in [-0.1, -0.05) is 16.8 Å². The van der Waals surface area contributed by atoms with Crippen LogP contribution in [0.5, 0.6) is 0 Å². The number of hydrogen-bond donors (Lipinski definition) is 0. The number of rotatable bonds is 7. The number of tetrazole rings is 1. The van der Waals surface area contributed by atoms with Crippen molar-refractivity contribution in [3.8, 4) is 27.9 Å².